The summed E-state index contributed by atoms with van der Waals surface area (Å²) in [6.45, 7) is -1.09. The lowest BCUT2D eigenvalue weighted by atomic mass is 10.0. The number of benzene rings is 2. The maximum absolute atomic E-state index is 12.2. The van der Waals surface area contributed by atoms with Crippen LogP contribution in [0.25, 0.3) is 6.08 Å². The number of carbonyl (C=O) groups is 2. The van der Waals surface area contributed by atoms with E-state index in [1.807, 2.05) is 30.3 Å². The number of likely N-dealkylation sites (tertiary alicyclic amines) is 1. The van der Waals surface area contributed by atoms with Gasteiger partial charge in [0.2, 0.25) is 11.8 Å². The van der Waals surface area contributed by atoms with Crippen molar-refractivity contribution in [2.24, 2.45) is 0 Å². The van der Waals surface area contributed by atoms with Crippen LogP contribution in [0, 0.1) is 0 Å². The van der Waals surface area contributed by atoms with E-state index in [-0.39, 0.29) is 23.6 Å². The molecule has 0 atom stereocenters. The molecule has 0 aromatic heterocycles. The van der Waals surface area contributed by atoms with E-state index < -0.39 is 6.61 Å². The third-order valence-electron chi connectivity index (χ3n) is 4.89. The third kappa shape index (κ3) is 7.82. The Labute approximate surface area is 179 Å². The first-order valence-corrected chi connectivity index (χ1v) is 10.1. The molecule has 1 fully saturated rings. The van der Waals surface area contributed by atoms with Crippen molar-refractivity contribution in [1.82, 2.24) is 10.2 Å². The molecule has 0 saturated carbocycles. The molecular formula is C23H25F2N3O3. The number of nitrogens with one attached hydrogen (secondary N) is 2. The summed E-state index contributed by atoms with van der Waals surface area (Å²) in [6.07, 6.45) is 4.56. The van der Waals surface area contributed by atoms with Gasteiger partial charge in [-0.1, -0.05) is 30.3 Å². The average Bonchev–Trinajstić information content (AvgIpc) is 2.75. The fourth-order valence-corrected chi connectivity index (χ4v) is 3.34. The Bertz CT molecular complexity index is 881. The van der Waals surface area contributed by atoms with Gasteiger partial charge in [0.25, 0.3) is 0 Å². The number of hydrogen-bond donors (Lipinski definition) is 2. The van der Waals surface area contributed by atoms with Crippen molar-refractivity contribution >= 4 is 23.6 Å². The molecule has 8 heteroatoms. The van der Waals surface area contributed by atoms with Gasteiger partial charge in [0.15, 0.2) is 0 Å². The molecule has 2 aromatic carbocycles. The van der Waals surface area contributed by atoms with Crippen molar-refractivity contribution in [3.8, 4) is 5.75 Å². The molecule has 1 aliphatic heterocycles. The lowest BCUT2D eigenvalue weighted by molar-refractivity contribution is -0.119. The Morgan fingerprint density at radius 3 is 2.39 bits per heavy atom. The second-order valence-corrected chi connectivity index (χ2v) is 7.25. The van der Waals surface area contributed by atoms with Gasteiger partial charge in [-0.2, -0.15) is 8.78 Å². The molecule has 1 heterocycles. The summed E-state index contributed by atoms with van der Waals surface area (Å²) in [4.78, 5) is 26.4. The minimum atomic E-state index is -2.86. The molecule has 164 valence electrons. The molecule has 31 heavy (non-hydrogen) atoms. The second kappa shape index (κ2) is 11.2. The Morgan fingerprint density at radius 2 is 1.74 bits per heavy atom. The number of para-hydroxylation sites is 1. The minimum absolute atomic E-state index is 0.0485. The highest BCUT2D eigenvalue weighted by Gasteiger charge is 2.21. The Hall–Kier alpha value is -3.26. The molecule has 0 aliphatic carbocycles. The molecule has 2 N–H and O–H groups in total. The largest absolute Gasteiger partial charge is 0.435 e. The van der Waals surface area contributed by atoms with E-state index in [4.69, 9.17) is 0 Å². The summed E-state index contributed by atoms with van der Waals surface area (Å²) in [5, 5.41) is 5.84. The van der Waals surface area contributed by atoms with Crippen LogP contribution in [-0.2, 0) is 9.59 Å². The molecule has 0 spiro atoms. The van der Waals surface area contributed by atoms with E-state index in [0.29, 0.717) is 12.1 Å². The monoisotopic (exact) mass is 429 g/mol. The highest BCUT2D eigenvalue weighted by Crippen LogP contribution is 2.16. The van der Waals surface area contributed by atoms with Crippen LogP contribution in [0.4, 0.5) is 14.5 Å². The number of alkyl halides is 2. The van der Waals surface area contributed by atoms with Gasteiger partial charge in [-0.3, -0.25) is 14.5 Å². The highest BCUT2D eigenvalue weighted by molar-refractivity contribution is 5.92. The zero-order valence-electron chi connectivity index (χ0n) is 17.0. The highest BCUT2D eigenvalue weighted by atomic mass is 19.3. The quantitative estimate of drug-likeness (QED) is 0.630. The molecule has 0 radical (unpaired) electrons. The number of anilines is 1. The molecule has 1 saturated heterocycles. The number of halogens is 2. The summed E-state index contributed by atoms with van der Waals surface area (Å²) in [6, 6.07) is 15.4. The third-order valence-corrected chi connectivity index (χ3v) is 4.89. The van der Waals surface area contributed by atoms with Crippen molar-refractivity contribution in [2.45, 2.75) is 25.5 Å². The molecule has 1 aliphatic rings. The van der Waals surface area contributed by atoms with Gasteiger partial charge in [-0.15, -0.1) is 0 Å². The van der Waals surface area contributed by atoms with Crippen molar-refractivity contribution < 1.29 is 23.1 Å². The first-order chi connectivity index (χ1) is 15.0. The van der Waals surface area contributed by atoms with Crippen LogP contribution in [0.2, 0.25) is 0 Å². The SMILES string of the molecule is O=C(C=Cc1ccc(OC(F)F)cc1)NC1CCN(CC(=O)Nc2ccccc2)CC1. The number of piperidine rings is 1. The molecule has 2 amide bonds. The number of amides is 2. The standard InChI is InChI=1S/C23H25F2N3O3/c24-23(25)31-20-9-6-17(7-10-20)8-11-21(29)26-19-12-14-28(15-13-19)16-22(30)27-18-4-2-1-3-5-18/h1-11,19,23H,12-16H2,(H,26,29)(H,27,30). The molecule has 3 rings (SSSR count). The van der Waals surface area contributed by atoms with Crippen molar-refractivity contribution in [1.29, 1.82) is 0 Å². The summed E-state index contributed by atoms with van der Waals surface area (Å²) in [7, 11) is 0. The molecule has 0 bridgehead atoms. The van der Waals surface area contributed by atoms with Gasteiger partial charge in [-0.05, 0) is 48.7 Å². The first-order valence-electron chi connectivity index (χ1n) is 10.1. The molecule has 6 nitrogen and oxygen atoms in total. The van der Waals surface area contributed by atoms with Gasteiger partial charge < -0.3 is 15.4 Å². The van der Waals surface area contributed by atoms with E-state index in [1.165, 1.54) is 18.2 Å². The van der Waals surface area contributed by atoms with Crippen LogP contribution < -0.4 is 15.4 Å². The van der Waals surface area contributed by atoms with E-state index in [1.54, 1.807) is 18.2 Å². The summed E-state index contributed by atoms with van der Waals surface area (Å²) < 4.78 is 28.6. The minimum Gasteiger partial charge on any atom is -0.435 e. The molecule has 0 unspecified atom stereocenters. The van der Waals surface area contributed by atoms with E-state index in [0.717, 1.165) is 31.6 Å². The summed E-state index contributed by atoms with van der Waals surface area (Å²) in [5.74, 6) is -0.199. The second-order valence-electron chi connectivity index (χ2n) is 7.25. The van der Waals surface area contributed by atoms with Gasteiger partial charge >= 0.3 is 6.61 Å². The van der Waals surface area contributed by atoms with E-state index in [2.05, 4.69) is 20.3 Å². The Kier molecular flexibility index (Phi) is 8.12. The van der Waals surface area contributed by atoms with Crippen molar-refractivity contribution in [3.63, 3.8) is 0 Å². The number of nitrogens with zero attached hydrogens (tertiary/aromatic N) is 1. The van der Waals surface area contributed by atoms with Crippen LogP contribution in [0.5, 0.6) is 5.75 Å². The predicted octanol–water partition coefficient (Wildman–Crippen LogP) is 3.52. The lowest BCUT2D eigenvalue weighted by Crippen LogP contribution is -2.46. The molecular weight excluding hydrogens is 404 g/mol. The maximum atomic E-state index is 12.2. The van der Waals surface area contributed by atoms with Crippen LogP contribution >= 0.6 is 0 Å². The average molecular weight is 429 g/mol. The number of hydrogen-bond acceptors (Lipinski definition) is 4. The maximum Gasteiger partial charge on any atom is 0.387 e. The fraction of sp³-hybridized carbons (Fsp3) is 0.304. The van der Waals surface area contributed by atoms with E-state index >= 15 is 0 Å². The zero-order valence-corrected chi connectivity index (χ0v) is 17.0. The predicted molar refractivity (Wildman–Crippen MR) is 115 cm³/mol. The number of rotatable bonds is 8. The first kappa shape index (κ1) is 22.4. The van der Waals surface area contributed by atoms with Crippen LogP contribution in [0.1, 0.15) is 18.4 Å². The van der Waals surface area contributed by atoms with Crippen molar-refractivity contribution in [3.05, 3.63) is 66.2 Å². The lowest BCUT2D eigenvalue weighted by Gasteiger charge is -2.31. The smallest absolute Gasteiger partial charge is 0.387 e. The van der Waals surface area contributed by atoms with E-state index in [9.17, 15) is 18.4 Å². The fourth-order valence-electron chi connectivity index (χ4n) is 3.34. The Balaban J connectivity index is 1.37. The van der Waals surface area contributed by atoms with Gasteiger partial charge in [0.05, 0.1) is 6.54 Å². The van der Waals surface area contributed by atoms with Crippen LogP contribution in [0.3, 0.4) is 0 Å². The number of ether oxygens (including phenoxy) is 1. The number of carbonyl (C=O) groups excluding carboxylic acids is 2. The van der Waals surface area contributed by atoms with Crippen LogP contribution in [0.15, 0.2) is 60.7 Å². The zero-order chi connectivity index (χ0) is 22.1. The van der Waals surface area contributed by atoms with Gasteiger partial charge in [0, 0.05) is 30.9 Å². The summed E-state index contributed by atoms with van der Waals surface area (Å²) in [5.41, 5.74) is 1.48. The normalized spacial score (nSPS) is 15.2. The van der Waals surface area contributed by atoms with Crippen LogP contribution in [-0.4, -0.2) is 49.0 Å². The molecule has 2 aromatic rings. The van der Waals surface area contributed by atoms with Gasteiger partial charge in [0.1, 0.15) is 5.75 Å². The van der Waals surface area contributed by atoms with Crippen molar-refractivity contribution in [2.75, 3.05) is 25.0 Å². The topological polar surface area (TPSA) is 70.7 Å². The van der Waals surface area contributed by atoms with Gasteiger partial charge in [-0.25, -0.2) is 0 Å². The Morgan fingerprint density at radius 1 is 1.06 bits per heavy atom. The summed E-state index contributed by atoms with van der Waals surface area (Å²) >= 11 is 0.